The molecular formula is C19H23N3O. The Morgan fingerprint density at radius 1 is 1.09 bits per heavy atom. The Kier molecular flexibility index (Phi) is 3.84. The lowest BCUT2D eigenvalue weighted by Gasteiger charge is -2.18. The molecule has 0 saturated carbocycles. The van der Waals surface area contributed by atoms with Crippen LogP contribution in [-0.2, 0) is 13.6 Å². The van der Waals surface area contributed by atoms with Gasteiger partial charge in [0.05, 0.1) is 16.7 Å². The van der Waals surface area contributed by atoms with Crippen LogP contribution in [0.4, 0.5) is 0 Å². The summed E-state index contributed by atoms with van der Waals surface area (Å²) in [4.78, 5) is 17.0. The number of hydrogen-bond acceptors (Lipinski definition) is 2. The lowest BCUT2D eigenvalue weighted by Crippen LogP contribution is -2.24. The van der Waals surface area contributed by atoms with Gasteiger partial charge in [0.1, 0.15) is 0 Å². The van der Waals surface area contributed by atoms with Crippen molar-refractivity contribution in [3.8, 4) is 11.3 Å². The number of hydrogen-bond donors (Lipinski definition) is 0. The molecule has 0 N–H and O–H groups in total. The van der Waals surface area contributed by atoms with Crippen molar-refractivity contribution in [3.05, 3.63) is 53.1 Å². The van der Waals surface area contributed by atoms with Gasteiger partial charge in [-0.3, -0.25) is 14.1 Å². The van der Waals surface area contributed by atoms with Gasteiger partial charge in [0.15, 0.2) is 0 Å². The van der Waals surface area contributed by atoms with E-state index in [1.807, 2.05) is 48.0 Å². The Labute approximate surface area is 136 Å². The first-order valence-electron chi connectivity index (χ1n) is 7.97. The van der Waals surface area contributed by atoms with Crippen LogP contribution in [0.3, 0.4) is 0 Å². The van der Waals surface area contributed by atoms with Gasteiger partial charge >= 0.3 is 5.69 Å². The second kappa shape index (κ2) is 5.69. The van der Waals surface area contributed by atoms with Crippen molar-refractivity contribution < 1.29 is 0 Å². The van der Waals surface area contributed by atoms with E-state index in [1.165, 1.54) is 0 Å². The first kappa shape index (κ1) is 15.5. The lowest BCUT2D eigenvalue weighted by molar-refractivity contribution is 0.349. The molecular weight excluding hydrogens is 286 g/mol. The highest BCUT2D eigenvalue weighted by Crippen LogP contribution is 2.24. The molecule has 2 heterocycles. The smallest absolute Gasteiger partial charge is 0.295 e. The third-order valence-corrected chi connectivity index (χ3v) is 4.19. The monoisotopic (exact) mass is 309 g/mol. The Morgan fingerprint density at radius 2 is 1.87 bits per heavy atom. The fourth-order valence-electron chi connectivity index (χ4n) is 2.76. The second-order valence-corrected chi connectivity index (χ2v) is 7.22. The van der Waals surface area contributed by atoms with E-state index in [1.54, 1.807) is 10.8 Å². The molecule has 0 atom stereocenters. The minimum Gasteiger partial charge on any atom is -0.295 e. The maximum atomic E-state index is 12.6. The number of imidazole rings is 1. The van der Waals surface area contributed by atoms with Gasteiger partial charge < -0.3 is 0 Å². The SMILES string of the molecule is Cn1c(=O)n(CCC(C)(C)C)c2ccc(-c3ccccn3)cc21. The predicted octanol–water partition coefficient (Wildman–Crippen LogP) is 3.84. The zero-order valence-electron chi connectivity index (χ0n) is 14.2. The fraction of sp³-hybridized carbons (Fsp3) is 0.368. The number of benzene rings is 1. The van der Waals surface area contributed by atoms with Crippen LogP contribution in [0.2, 0.25) is 0 Å². The van der Waals surface area contributed by atoms with Crippen LogP contribution in [0.25, 0.3) is 22.3 Å². The van der Waals surface area contributed by atoms with Crippen molar-refractivity contribution in [2.24, 2.45) is 12.5 Å². The summed E-state index contributed by atoms with van der Waals surface area (Å²) in [5.41, 5.74) is 4.14. The van der Waals surface area contributed by atoms with Crippen molar-refractivity contribution >= 4 is 11.0 Å². The van der Waals surface area contributed by atoms with Gasteiger partial charge in [-0.2, -0.15) is 0 Å². The lowest BCUT2D eigenvalue weighted by atomic mass is 9.92. The summed E-state index contributed by atoms with van der Waals surface area (Å²) in [7, 11) is 1.83. The highest BCUT2D eigenvalue weighted by atomic mass is 16.1. The summed E-state index contributed by atoms with van der Waals surface area (Å²) >= 11 is 0. The van der Waals surface area contributed by atoms with Crippen LogP contribution in [0.5, 0.6) is 0 Å². The molecule has 0 saturated heterocycles. The van der Waals surface area contributed by atoms with Gasteiger partial charge in [-0.05, 0) is 36.1 Å². The molecule has 23 heavy (non-hydrogen) atoms. The zero-order valence-corrected chi connectivity index (χ0v) is 14.2. The molecule has 0 aliphatic heterocycles. The third kappa shape index (κ3) is 3.07. The summed E-state index contributed by atoms with van der Waals surface area (Å²) in [6.45, 7) is 7.33. The van der Waals surface area contributed by atoms with Gasteiger partial charge in [0.2, 0.25) is 0 Å². The van der Waals surface area contributed by atoms with Gasteiger partial charge in [-0.1, -0.05) is 32.9 Å². The van der Waals surface area contributed by atoms with E-state index in [0.29, 0.717) is 0 Å². The van der Waals surface area contributed by atoms with Crippen molar-refractivity contribution in [2.75, 3.05) is 0 Å². The molecule has 0 bridgehead atoms. The van der Waals surface area contributed by atoms with Crippen LogP contribution >= 0.6 is 0 Å². The van der Waals surface area contributed by atoms with E-state index in [0.717, 1.165) is 35.3 Å². The second-order valence-electron chi connectivity index (χ2n) is 7.22. The van der Waals surface area contributed by atoms with Gasteiger partial charge in [0.25, 0.3) is 0 Å². The molecule has 3 rings (SSSR count). The van der Waals surface area contributed by atoms with Gasteiger partial charge in [0, 0.05) is 25.4 Å². The maximum Gasteiger partial charge on any atom is 0.328 e. The molecule has 120 valence electrons. The van der Waals surface area contributed by atoms with E-state index >= 15 is 0 Å². The van der Waals surface area contributed by atoms with E-state index in [2.05, 4.69) is 25.8 Å². The minimum atomic E-state index is 0.0439. The normalized spacial score (nSPS) is 12.0. The van der Waals surface area contributed by atoms with Gasteiger partial charge in [-0.25, -0.2) is 4.79 Å². The topological polar surface area (TPSA) is 39.8 Å². The van der Waals surface area contributed by atoms with Crippen molar-refractivity contribution in [2.45, 2.75) is 33.7 Å². The quantitative estimate of drug-likeness (QED) is 0.737. The zero-order chi connectivity index (χ0) is 16.6. The minimum absolute atomic E-state index is 0.0439. The Bertz CT molecular complexity index is 883. The van der Waals surface area contributed by atoms with Crippen molar-refractivity contribution in [1.82, 2.24) is 14.1 Å². The standard InChI is InChI=1S/C19H23N3O/c1-19(2,3)10-12-22-16-9-8-14(15-7-5-6-11-20-15)13-17(16)21(4)18(22)23/h5-9,11,13H,10,12H2,1-4H3. The molecule has 0 radical (unpaired) electrons. The molecule has 0 amide bonds. The van der Waals surface area contributed by atoms with Crippen LogP contribution < -0.4 is 5.69 Å². The van der Waals surface area contributed by atoms with E-state index < -0.39 is 0 Å². The molecule has 0 aliphatic rings. The largest absolute Gasteiger partial charge is 0.328 e. The van der Waals surface area contributed by atoms with Crippen LogP contribution in [0.1, 0.15) is 27.2 Å². The molecule has 1 aromatic carbocycles. The van der Waals surface area contributed by atoms with Crippen LogP contribution in [0, 0.1) is 5.41 Å². The molecule has 3 aromatic rings. The molecule has 2 aromatic heterocycles. The maximum absolute atomic E-state index is 12.6. The summed E-state index contributed by atoms with van der Waals surface area (Å²) in [6, 6.07) is 12.0. The van der Waals surface area contributed by atoms with E-state index in [4.69, 9.17) is 0 Å². The highest BCUT2D eigenvalue weighted by molar-refractivity contribution is 5.81. The summed E-state index contributed by atoms with van der Waals surface area (Å²) in [5, 5.41) is 0. The first-order valence-corrected chi connectivity index (χ1v) is 7.97. The molecule has 0 spiro atoms. The van der Waals surface area contributed by atoms with E-state index in [-0.39, 0.29) is 11.1 Å². The average molecular weight is 309 g/mol. The molecule has 4 nitrogen and oxygen atoms in total. The molecule has 0 fully saturated rings. The molecule has 0 unspecified atom stereocenters. The Hall–Kier alpha value is -2.36. The van der Waals surface area contributed by atoms with Crippen molar-refractivity contribution in [1.29, 1.82) is 0 Å². The van der Waals surface area contributed by atoms with Gasteiger partial charge in [-0.15, -0.1) is 0 Å². The number of fused-ring (bicyclic) bond motifs is 1. The number of pyridine rings is 1. The van der Waals surface area contributed by atoms with Crippen LogP contribution in [0.15, 0.2) is 47.4 Å². The Morgan fingerprint density at radius 3 is 2.52 bits per heavy atom. The summed E-state index contributed by atoms with van der Waals surface area (Å²) in [6.07, 6.45) is 2.75. The number of rotatable bonds is 3. The molecule has 4 heteroatoms. The number of nitrogens with zero attached hydrogens (tertiary/aromatic N) is 3. The first-order chi connectivity index (χ1) is 10.9. The van der Waals surface area contributed by atoms with E-state index in [9.17, 15) is 4.79 Å². The van der Waals surface area contributed by atoms with Crippen molar-refractivity contribution in [3.63, 3.8) is 0 Å². The van der Waals surface area contributed by atoms with Crippen LogP contribution in [-0.4, -0.2) is 14.1 Å². The fourth-order valence-corrected chi connectivity index (χ4v) is 2.76. The highest BCUT2D eigenvalue weighted by Gasteiger charge is 2.15. The summed E-state index contributed by atoms with van der Waals surface area (Å²) < 4.78 is 3.60. The molecule has 0 aliphatic carbocycles. The third-order valence-electron chi connectivity index (χ3n) is 4.19. The number of aryl methyl sites for hydroxylation is 2. The summed E-state index contributed by atoms with van der Waals surface area (Å²) in [5.74, 6) is 0. The Balaban J connectivity index is 2.08. The predicted molar refractivity (Wildman–Crippen MR) is 94.5 cm³/mol. The number of aromatic nitrogens is 3. The average Bonchev–Trinajstić information content (AvgIpc) is 2.77.